The molecule has 1 N–H and O–H groups in total. The number of ether oxygens (including phenoxy) is 1. The fraction of sp³-hybridized carbons (Fsp3) is 0.917. The molecule has 0 aliphatic heterocycles. The monoisotopic (exact) mass is 279 g/mol. The van der Waals surface area contributed by atoms with E-state index in [9.17, 15) is 13.2 Å². The first kappa shape index (κ1) is 17.4. The minimum absolute atomic E-state index is 0.0494. The van der Waals surface area contributed by atoms with Crippen LogP contribution in [0.5, 0.6) is 0 Å². The number of esters is 1. The molecule has 0 spiro atoms. The molecule has 0 radical (unpaired) electrons. The zero-order valence-electron chi connectivity index (χ0n) is 11.9. The summed E-state index contributed by atoms with van der Waals surface area (Å²) in [6.07, 6.45) is 0.941. The quantitative estimate of drug-likeness (QED) is 0.707. The Balaban J connectivity index is 4.27. The topological polar surface area (TPSA) is 72.5 Å². The maximum Gasteiger partial charge on any atom is 0.321 e. The molecule has 0 aromatic carbocycles. The first-order valence-corrected chi connectivity index (χ1v) is 8.03. The Hall–Kier alpha value is -0.620. The van der Waals surface area contributed by atoms with Crippen molar-refractivity contribution in [3.05, 3.63) is 0 Å². The number of hydrogen-bond donors (Lipinski definition) is 1. The molecule has 6 heteroatoms. The van der Waals surface area contributed by atoms with Crippen molar-refractivity contribution in [3.8, 4) is 0 Å². The van der Waals surface area contributed by atoms with Crippen LogP contribution in [0, 0.1) is 0 Å². The summed E-state index contributed by atoms with van der Waals surface area (Å²) >= 11 is 0. The Morgan fingerprint density at radius 3 is 2.33 bits per heavy atom. The lowest BCUT2D eigenvalue weighted by atomic mass is 10.2. The summed E-state index contributed by atoms with van der Waals surface area (Å²) in [5.74, 6) is -1.29. The number of carbonyl (C=O) groups is 1. The van der Waals surface area contributed by atoms with Crippen molar-refractivity contribution >= 4 is 15.8 Å². The number of sulfone groups is 1. The number of carbonyl (C=O) groups excluding carboxylic acids is 1. The van der Waals surface area contributed by atoms with Gasteiger partial charge >= 0.3 is 5.97 Å². The molecule has 1 unspecified atom stereocenters. The minimum Gasteiger partial charge on any atom is -0.459 e. The molecule has 0 heterocycles. The summed E-state index contributed by atoms with van der Waals surface area (Å²) in [6.45, 7) is 9.70. The third-order valence-electron chi connectivity index (χ3n) is 2.00. The number of rotatable bonds is 7. The SMILES string of the molecule is CCCNC(C)CS(=O)(=O)CC(=O)OC(C)(C)C. The van der Waals surface area contributed by atoms with Gasteiger partial charge in [-0.2, -0.15) is 0 Å². The van der Waals surface area contributed by atoms with E-state index < -0.39 is 27.2 Å². The van der Waals surface area contributed by atoms with E-state index in [4.69, 9.17) is 4.74 Å². The van der Waals surface area contributed by atoms with Crippen LogP contribution in [0.4, 0.5) is 0 Å². The maximum atomic E-state index is 11.8. The van der Waals surface area contributed by atoms with Gasteiger partial charge in [-0.05, 0) is 40.7 Å². The van der Waals surface area contributed by atoms with Crippen LogP contribution in [-0.2, 0) is 19.4 Å². The van der Waals surface area contributed by atoms with Gasteiger partial charge in [0.15, 0.2) is 9.84 Å². The fourth-order valence-electron chi connectivity index (χ4n) is 1.44. The first-order valence-electron chi connectivity index (χ1n) is 6.21. The van der Waals surface area contributed by atoms with Crippen LogP contribution >= 0.6 is 0 Å². The Bertz CT molecular complexity index is 357. The minimum atomic E-state index is -3.42. The van der Waals surface area contributed by atoms with Gasteiger partial charge in [0, 0.05) is 6.04 Å². The lowest BCUT2D eigenvalue weighted by Crippen LogP contribution is -2.36. The Morgan fingerprint density at radius 1 is 1.33 bits per heavy atom. The Labute approximate surface area is 110 Å². The fourth-order valence-corrected chi connectivity index (χ4v) is 2.86. The van der Waals surface area contributed by atoms with Gasteiger partial charge in [-0.25, -0.2) is 8.42 Å². The van der Waals surface area contributed by atoms with Gasteiger partial charge in [0.1, 0.15) is 11.4 Å². The number of nitrogens with one attached hydrogen (secondary N) is 1. The molecule has 0 aliphatic carbocycles. The average molecular weight is 279 g/mol. The predicted molar refractivity (Wildman–Crippen MR) is 72.3 cm³/mol. The average Bonchev–Trinajstić information content (AvgIpc) is 2.09. The van der Waals surface area contributed by atoms with Crippen LogP contribution in [0.3, 0.4) is 0 Å². The Kier molecular flexibility index (Phi) is 6.84. The highest BCUT2D eigenvalue weighted by molar-refractivity contribution is 7.92. The van der Waals surface area contributed by atoms with Crippen molar-refractivity contribution in [3.63, 3.8) is 0 Å². The third kappa shape index (κ3) is 9.41. The predicted octanol–water partition coefficient (Wildman–Crippen LogP) is 1.13. The van der Waals surface area contributed by atoms with E-state index in [1.807, 2.05) is 6.92 Å². The lowest BCUT2D eigenvalue weighted by molar-refractivity contribution is -0.151. The van der Waals surface area contributed by atoms with Gasteiger partial charge in [0.25, 0.3) is 0 Å². The van der Waals surface area contributed by atoms with E-state index in [2.05, 4.69) is 5.32 Å². The molecule has 0 bridgehead atoms. The zero-order valence-corrected chi connectivity index (χ0v) is 12.8. The van der Waals surface area contributed by atoms with Gasteiger partial charge in [0.2, 0.25) is 0 Å². The van der Waals surface area contributed by atoms with Crippen molar-refractivity contribution in [2.75, 3.05) is 18.1 Å². The molecule has 0 amide bonds. The second kappa shape index (κ2) is 7.09. The van der Waals surface area contributed by atoms with Crippen molar-refractivity contribution in [2.24, 2.45) is 0 Å². The molecule has 0 saturated carbocycles. The summed E-state index contributed by atoms with van der Waals surface area (Å²) in [7, 11) is -3.42. The smallest absolute Gasteiger partial charge is 0.321 e. The summed E-state index contributed by atoms with van der Waals surface area (Å²) in [4.78, 5) is 11.4. The molecule has 1 atom stereocenters. The molecular weight excluding hydrogens is 254 g/mol. The van der Waals surface area contributed by atoms with E-state index >= 15 is 0 Å². The van der Waals surface area contributed by atoms with Gasteiger partial charge in [-0.3, -0.25) is 4.79 Å². The van der Waals surface area contributed by atoms with Crippen LogP contribution in [0.1, 0.15) is 41.0 Å². The molecule has 5 nitrogen and oxygen atoms in total. The van der Waals surface area contributed by atoms with Crippen molar-refractivity contribution in [1.82, 2.24) is 5.32 Å². The number of hydrogen-bond acceptors (Lipinski definition) is 5. The molecule has 18 heavy (non-hydrogen) atoms. The molecular formula is C12H25NO4S. The van der Waals surface area contributed by atoms with Gasteiger partial charge < -0.3 is 10.1 Å². The summed E-state index contributed by atoms with van der Waals surface area (Å²) in [5.41, 5.74) is -0.654. The van der Waals surface area contributed by atoms with Crippen LogP contribution in [0.15, 0.2) is 0 Å². The van der Waals surface area contributed by atoms with Crippen LogP contribution in [0.25, 0.3) is 0 Å². The molecule has 108 valence electrons. The first-order chi connectivity index (χ1) is 8.06. The van der Waals surface area contributed by atoms with Crippen molar-refractivity contribution in [2.45, 2.75) is 52.7 Å². The second-order valence-corrected chi connectivity index (χ2v) is 7.61. The third-order valence-corrected chi connectivity index (χ3v) is 3.69. The van der Waals surface area contributed by atoms with Crippen LogP contribution in [0.2, 0.25) is 0 Å². The largest absolute Gasteiger partial charge is 0.459 e. The molecule has 0 aliphatic rings. The summed E-state index contributed by atoms with van der Waals surface area (Å²) < 4.78 is 28.5. The lowest BCUT2D eigenvalue weighted by Gasteiger charge is -2.20. The van der Waals surface area contributed by atoms with E-state index in [1.165, 1.54) is 0 Å². The van der Waals surface area contributed by atoms with Gasteiger partial charge in [-0.15, -0.1) is 0 Å². The van der Waals surface area contributed by atoms with Gasteiger partial charge in [0.05, 0.1) is 5.75 Å². The highest BCUT2D eigenvalue weighted by Crippen LogP contribution is 2.08. The van der Waals surface area contributed by atoms with Crippen molar-refractivity contribution in [1.29, 1.82) is 0 Å². The molecule has 0 aromatic heterocycles. The van der Waals surface area contributed by atoms with Crippen LogP contribution in [-0.4, -0.2) is 44.1 Å². The molecule has 0 aromatic rings. The summed E-state index contributed by atoms with van der Waals surface area (Å²) in [6, 6.07) is -0.155. The summed E-state index contributed by atoms with van der Waals surface area (Å²) in [5, 5.41) is 3.08. The normalized spacial score (nSPS) is 14.3. The van der Waals surface area contributed by atoms with Crippen LogP contribution < -0.4 is 5.32 Å². The standard InChI is InChI=1S/C12H25NO4S/c1-6-7-13-10(2)8-18(15,16)9-11(14)17-12(3,4)5/h10,13H,6-9H2,1-5H3. The van der Waals surface area contributed by atoms with E-state index in [-0.39, 0.29) is 11.8 Å². The second-order valence-electron chi connectivity index (χ2n) is 5.50. The molecule has 0 rings (SSSR count). The Morgan fingerprint density at radius 2 is 1.89 bits per heavy atom. The maximum absolute atomic E-state index is 11.8. The van der Waals surface area contributed by atoms with E-state index in [0.29, 0.717) is 0 Å². The highest BCUT2D eigenvalue weighted by atomic mass is 32.2. The molecule has 0 saturated heterocycles. The van der Waals surface area contributed by atoms with Crippen molar-refractivity contribution < 1.29 is 17.9 Å². The highest BCUT2D eigenvalue weighted by Gasteiger charge is 2.24. The zero-order chi connectivity index (χ0) is 14.4. The van der Waals surface area contributed by atoms with E-state index in [0.717, 1.165) is 13.0 Å². The van der Waals surface area contributed by atoms with Gasteiger partial charge in [-0.1, -0.05) is 6.92 Å². The van der Waals surface area contributed by atoms with E-state index in [1.54, 1.807) is 27.7 Å². The molecule has 0 fully saturated rings.